The van der Waals surface area contributed by atoms with Crippen LogP contribution in [0.5, 0.6) is 0 Å². The minimum Gasteiger partial charge on any atom is -0.328 e. The van der Waals surface area contributed by atoms with E-state index in [1.54, 1.807) is 12.3 Å². The van der Waals surface area contributed by atoms with Gasteiger partial charge in [0.1, 0.15) is 5.82 Å². The molecule has 0 bridgehead atoms. The molecule has 1 aromatic heterocycles. The second-order valence-corrected chi connectivity index (χ2v) is 6.03. The molecule has 0 saturated heterocycles. The summed E-state index contributed by atoms with van der Waals surface area (Å²) in [6, 6.07) is 12.9. The molecule has 1 heterocycles. The first-order valence-corrected chi connectivity index (χ1v) is 7.82. The number of nitrogens with one attached hydrogen (secondary N) is 2. The highest BCUT2D eigenvalue weighted by Gasteiger charge is 2.37. The molecular formula is C17H18ClN3O. The summed E-state index contributed by atoms with van der Waals surface area (Å²) in [7, 11) is 0. The van der Waals surface area contributed by atoms with E-state index in [4.69, 9.17) is 11.6 Å². The molecule has 22 heavy (non-hydrogen) atoms. The Morgan fingerprint density at radius 1 is 1.14 bits per heavy atom. The highest BCUT2D eigenvalue weighted by atomic mass is 35.5. The van der Waals surface area contributed by atoms with Crippen LogP contribution in [0, 0.1) is 0 Å². The maximum absolute atomic E-state index is 12.3. The third-order valence-electron chi connectivity index (χ3n) is 4.09. The van der Waals surface area contributed by atoms with E-state index in [-0.39, 0.29) is 11.6 Å². The molecule has 0 unspecified atom stereocenters. The van der Waals surface area contributed by atoms with Crippen LogP contribution in [0.15, 0.2) is 48.7 Å². The van der Waals surface area contributed by atoms with Crippen LogP contribution < -0.4 is 10.6 Å². The van der Waals surface area contributed by atoms with Crippen molar-refractivity contribution in [3.05, 3.63) is 59.2 Å². The lowest BCUT2D eigenvalue weighted by Gasteiger charge is -2.31. The van der Waals surface area contributed by atoms with Gasteiger partial charge in [-0.25, -0.2) is 9.78 Å². The van der Waals surface area contributed by atoms with Gasteiger partial charge in [-0.15, -0.1) is 0 Å². The number of amides is 2. The number of carbonyl (C=O) groups is 1. The molecule has 1 aliphatic carbocycles. The Labute approximate surface area is 134 Å². The number of anilines is 1. The van der Waals surface area contributed by atoms with Gasteiger partial charge in [-0.2, -0.15) is 0 Å². The van der Waals surface area contributed by atoms with E-state index in [0.717, 1.165) is 31.2 Å². The average molecular weight is 316 g/mol. The fourth-order valence-corrected chi connectivity index (χ4v) is 3.24. The summed E-state index contributed by atoms with van der Waals surface area (Å²) in [5.74, 6) is 0.541. The van der Waals surface area contributed by atoms with Crippen LogP contribution >= 0.6 is 11.6 Å². The van der Waals surface area contributed by atoms with E-state index < -0.39 is 0 Å². The van der Waals surface area contributed by atoms with Gasteiger partial charge < -0.3 is 5.32 Å². The van der Waals surface area contributed by atoms with Crippen molar-refractivity contribution in [2.75, 3.05) is 5.32 Å². The Morgan fingerprint density at radius 2 is 1.95 bits per heavy atom. The Balaban J connectivity index is 1.78. The number of hydrogen-bond acceptors (Lipinski definition) is 2. The van der Waals surface area contributed by atoms with Crippen LogP contribution in [-0.4, -0.2) is 11.0 Å². The van der Waals surface area contributed by atoms with Gasteiger partial charge >= 0.3 is 6.03 Å². The quantitative estimate of drug-likeness (QED) is 0.886. The lowest BCUT2D eigenvalue weighted by Crippen LogP contribution is -2.45. The zero-order valence-electron chi connectivity index (χ0n) is 12.2. The molecule has 2 amide bonds. The second-order valence-electron chi connectivity index (χ2n) is 5.59. The molecule has 0 radical (unpaired) electrons. The number of carbonyl (C=O) groups excluding carboxylic acids is 1. The van der Waals surface area contributed by atoms with Crippen molar-refractivity contribution in [2.24, 2.45) is 0 Å². The van der Waals surface area contributed by atoms with Crippen molar-refractivity contribution < 1.29 is 4.79 Å². The molecule has 1 aromatic carbocycles. The minimum atomic E-state index is -0.343. The first-order valence-electron chi connectivity index (χ1n) is 7.44. The largest absolute Gasteiger partial charge is 0.328 e. The molecule has 114 valence electrons. The third kappa shape index (κ3) is 3.22. The Morgan fingerprint density at radius 3 is 2.64 bits per heavy atom. The third-order valence-corrected chi connectivity index (χ3v) is 4.33. The van der Waals surface area contributed by atoms with Gasteiger partial charge in [-0.05, 0) is 42.7 Å². The topological polar surface area (TPSA) is 54.0 Å². The number of pyridine rings is 1. The molecule has 1 saturated carbocycles. The molecule has 3 rings (SSSR count). The molecule has 0 aliphatic heterocycles. The number of benzene rings is 1. The van der Waals surface area contributed by atoms with Crippen molar-refractivity contribution >= 4 is 23.4 Å². The predicted molar refractivity (Wildman–Crippen MR) is 88.0 cm³/mol. The van der Waals surface area contributed by atoms with Gasteiger partial charge in [-0.1, -0.05) is 42.6 Å². The van der Waals surface area contributed by atoms with Crippen molar-refractivity contribution in [3.63, 3.8) is 0 Å². The maximum atomic E-state index is 12.3. The van der Waals surface area contributed by atoms with Crippen molar-refractivity contribution in [3.8, 4) is 0 Å². The lowest BCUT2D eigenvalue weighted by molar-refractivity contribution is 0.236. The van der Waals surface area contributed by atoms with Crippen LogP contribution in [0.1, 0.15) is 31.2 Å². The molecule has 0 atom stereocenters. The molecule has 2 aromatic rings. The highest BCUT2D eigenvalue weighted by Crippen LogP contribution is 2.39. The summed E-state index contributed by atoms with van der Waals surface area (Å²) in [5, 5.41) is 6.61. The number of rotatable bonds is 3. The lowest BCUT2D eigenvalue weighted by atomic mass is 9.88. The van der Waals surface area contributed by atoms with Gasteiger partial charge in [0.05, 0.1) is 5.54 Å². The van der Waals surface area contributed by atoms with E-state index in [0.29, 0.717) is 10.8 Å². The summed E-state index contributed by atoms with van der Waals surface area (Å²) in [5.41, 5.74) is 0.720. The zero-order valence-corrected chi connectivity index (χ0v) is 12.9. The van der Waals surface area contributed by atoms with Crippen LogP contribution in [0.4, 0.5) is 10.6 Å². The Hall–Kier alpha value is -2.07. The molecule has 4 nitrogen and oxygen atoms in total. The van der Waals surface area contributed by atoms with E-state index >= 15 is 0 Å². The summed E-state index contributed by atoms with van der Waals surface area (Å²) in [4.78, 5) is 16.4. The monoisotopic (exact) mass is 315 g/mol. The number of halogens is 1. The van der Waals surface area contributed by atoms with Crippen molar-refractivity contribution in [1.82, 2.24) is 10.3 Å². The first kappa shape index (κ1) is 14.9. The number of hydrogen-bond donors (Lipinski definition) is 2. The minimum absolute atomic E-state index is 0.236. The summed E-state index contributed by atoms with van der Waals surface area (Å²) in [6.07, 6.45) is 5.68. The van der Waals surface area contributed by atoms with Gasteiger partial charge in [0.2, 0.25) is 0 Å². The fraction of sp³-hybridized carbons (Fsp3) is 0.294. The standard InChI is InChI=1S/C17H18ClN3O/c18-14-7-5-6-13(12-14)17(9-2-3-10-17)21-16(22)20-15-8-1-4-11-19-15/h1,4-8,11-12H,2-3,9-10H2,(H2,19,20,21,22). The van der Waals surface area contributed by atoms with Crippen molar-refractivity contribution in [1.29, 1.82) is 0 Å². The molecule has 1 fully saturated rings. The van der Waals surface area contributed by atoms with Gasteiger partial charge in [0.15, 0.2) is 0 Å². The van der Waals surface area contributed by atoms with Crippen LogP contribution in [-0.2, 0) is 5.54 Å². The van der Waals surface area contributed by atoms with Gasteiger partial charge in [0, 0.05) is 11.2 Å². The van der Waals surface area contributed by atoms with Gasteiger partial charge in [-0.3, -0.25) is 5.32 Å². The normalized spacial score (nSPS) is 16.2. The summed E-state index contributed by atoms with van der Waals surface area (Å²) < 4.78 is 0. The van der Waals surface area contributed by atoms with Crippen LogP contribution in [0.25, 0.3) is 0 Å². The zero-order chi connectivity index (χ0) is 15.4. The average Bonchev–Trinajstić information content (AvgIpc) is 2.98. The van der Waals surface area contributed by atoms with E-state index in [2.05, 4.69) is 15.6 Å². The highest BCUT2D eigenvalue weighted by molar-refractivity contribution is 6.30. The number of aromatic nitrogens is 1. The molecule has 5 heteroatoms. The maximum Gasteiger partial charge on any atom is 0.321 e. The Bertz CT molecular complexity index is 654. The van der Waals surface area contributed by atoms with E-state index in [1.165, 1.54) is 0 Å². The summed E-state index contributed by atoms with van der Waals surface area (Å²) >= 11 is 6.11. The second kappa shape index (κ2) is 6.36. The molecule has 0 spiro atoms. The predicted octanol–water partition coefficient (Wildman–Crippen LogP) is 4.33. The molecular weight excluding hydrogens is 298 g/mol. The molecule has 1 aliphatic rings. The van der Waals surface area contributed by atoms with E-state index in [1.807, 2.05) is 36.4 Å². The number of urea groups is 1. The SMILES string of the molecule is O=C(Nc1ccccn1)NC1(c2cccc(Cl)c2)CCCC1. The van der Waals surface area contributed by atoms with Crippen molar-refractivity contribution in [2.45, 2.75) is 31.2 Å². The van der Waals surface area contributed by atoms with Crippen LogP contribution in [0.2, 0.25) is 5.02 Å². The smallest absolute Gasteiger partial charge is 0.321 e. The fourth-order valence-electron chi connectivity index (χ4n) is 3.05. The molecule has 2 N–H and O–H groups in total. The van der Waals surface area contributed by atoms with Crippen LogP contribution in [0.3, 0.4) is 0 Å². The first-order chi connectivity index (χ1) is 10.7. The Kier molecular flexibility index (Phi) is 4.29. The van der Waals surface area contributed by atoms with E-state index in [9.17, 15) is 4.79 Å². The summed E-state index contributed by atoms with van der Waals surface area (Å²) in [6.45, 7) is 0. The van der Waals surface area contributed by atoms with Gasteiger partial charge in [0.25, 0.3) is 0 Å². The number of nitrogens with zero attached hydrogens (tertiary/aromatic N) is 1.